The number of hydrogen-bond acceptors (Lipinski definition) is 6. The van der Waals surface area contributed by atoms with Gasteiger partial charge in [-0.3, -0.25) is 4.79 Å². The molecular weight excluding hydrogens is 436 g/mol. The number of sulfone groups is 1. The number of β-amino-alcohol motifs (C(OH)–C–C–N with tert-alkyl or cyclic N) is 1. The highest BCUT2D eigenvalue weighted by Gasteiger charge is 2.44. The minimum absolute atomic E-state index is 0.0320. The summed E-state index contributed by atoms with van der Waals surface area (Å²) in [6.45, 7) is 2.07. The molecule has 0 saturated heterocycles. The first-order chi connectivity index (χ1) is 14.6. The third-order valence-electron chi connectivity index (χ3n) is 5.31. The number of carbonyl (C=O) groups excluding carboxylic acids is 1. The number of rotatable bonds is 9. The second-order valence-electron chi connectivity index (χ2n) is 7.84. The molecule has 0 aromatic heterocycles. The average molecular weight is 463 g/mol. The quantitative estimate of drug-likeness (QED) is 0.563. The van der Waals surface area contributed by atoms with Crippen molar-refractivity contribution in [1.29, 1.82) is 0 Å². The molecule has 1 atom stereocenters. The summed E-state index contributed by atoms with van der Waals surface area (Å²) in [5.41, 5.74) is -0.515. The van der Waals surface area contributed by atoms with Crippen LogP contribution in [0, 0.1) is 0 Å². The molecule has 8 heteroatoms. The number of aliphatic hydroxyl groups is 1. The molecule has 1 unspecified atom stereocenters. The first-order valence-electron chi connectivity index (χ1n) is 10.3. The summed E-state index contributed by atoms with van der Waals surface area (Å²) >= 11 is 6.01. The maximum absolute atomic E-state index is 12.8. The monoisotopic (exact) mass is 462 g/mol. The van der Waals surface area contributed by atoms with E-state index in [1.165, 1.54) is 12.1 Å². The molecule has 3 rings (SSSR count). The van der Waals surface area contributed by atoms with Crippen molar-refractivity contribution >= 4 is 38.7 Å². The lowest BCUT2D eigenvalue weighted by Gasteiger charge is -2.24. The minimum Gasteiger partial charge on any atom is -0.362 e. The van der Waals surface area contributed by atoms with Gasteiger partial charge in [0.05, 0.1) is 11.4 Å². The Morgan fingerprint density at radius 2 is 1.74 bits per heavy atom. The molecule has 31 heavy (non-hydrogen) atoms. The van der Waals surface area contributed by atoms with Crippen LogP contribution >= 0.6 is 11.6 Å². The predicted octanol–water partition coefficient (Wildman–Crippen LogP) is 4.24. The molecule has 0 radical (unpaired) electrons. The van der Waals surface area contributed by atoms with Crippen molar-refractivity contribution in [3.63, 3.8) is 0 Å². The predicted molar refractivity (Wildman–Crippen MR) is 124 cm³/mol. The third kappa shape index (κ3) is 5.53. The van der Waals surface area contributed by atoms with Crippen LogP contribution in [0.15, 0.2) is 58.4 Å². The summed E-state index contributed by atoms with van der Waals surface area (Å²) < 4.78 is 23.6. The Kier molecular flexibility index (Phi) is 7.19. The Labute approximate surface area is 188 Å². The van der Waals surface area contributed by atoms with Gasteiger partial charge in [0.2, 0.25) is 5.72 Å². The fourth-order valence-corrected chi connectivity index (χ4v) is 4.29. The van der Waals surface area contributed by atoms with Gasteiger partial charge in [0.25, 0.3) is 0 Å². The number of halogens is 1. The number of ketones is 1. The molecule has 0 amide bonds. The smallest absolute Gasteiger partial charge is 0.236 e. The normalized spacial score (nSPS) is 18.8. The van der Waals surface area contributed by atoms with Crippen molar-refractivity contribution in [3.8, 4) is 0 Å². The molecule has 6 nitrogen and oxygen atoms in total. The zero-order valence-corrected chi connectivity index (χ0v) is 19.3. The highest BCUT2D eigenvalue weighted by molar-refractivity contribution is 7.90. The van der Waals surface area contributed by atoms with Gasteiger partial charge in [0.1, 0.15) is 5.84 Å². The number of Topliss-reactive ketones (excluding diaryl/α,β-unsaturated/α-hetero) is 1. The molecular formula is C23H27ClN2O4S. The first-order valence-corrected chi connectivity index (χ1v) is 12.6. The molecule has 1 heterocycles. The second-order valence-corrected chi connectivity index (χ2v) is 10.3. The van der Waals surface area contributed by atoms with E-state index in [4.69, 9.17) is 11.6 Å². The van der Waals surface area contributed by atoms with Gasteiger partial charge in [-0.1, -0.05) is 37.8 Å². The van der Waals surface area contributed by atoms with Crippen LogP contribution < -0.4 is 4.90 Å². The SMILES string of the molecule is CCCCCCC(=O)C1(O)CN(c2ccc(S(C)(=O)=O)cc2)C(c2ccc(Cl)cc2)=N1. The van der Waals surface area contributed by atoms with Crippen molar-refractivity contribution < 1.29 is 18.3 Å². The second kappa shape index (κ2) is 9.51. The van der Waals surface area contributed by atoms with E-state index in [-0.39, 0.29) is 23.6 Å². The van der Waals surface area contributed by atoms with Crippen LogP contribution in [-0.2, 0) is 14.6 Å². The van der Waals surface area contributed by atoms with Crippen LogP contribution in [0.1, 0.15) is 44.6 Å². The van der Waals surface area contributed by atoms with Gasteiger partial charge in [-0.05, 0) is 55.0 Å². The number of unbranched alkanes of at least 4 members (excludes halogenated alkanes) is 3. The molecule has 0 fully saturated rings. The number of amidine groups is 1. The van der Waals surface area contributed by atoms with Crippen LogP contribution in [0.4, 0.5) is 5.69 Å². The molecule has 2 aromatic carbocycles. The number of benzene rings is 2. The highest BCUT2D eigenvalue weighted by Crippen LogP contribution is 2.31. The van der Waals surface area contributed by atoms with Crippen molar-refractivity contribution in [3.05, 3.63) is 59.1 Å². The van der Waals surface area contributed by atoms with Crippen molar-refractivity contribution in [2.24, 2.45) is 4.99 Å². The summed E-state index contributed by atoms with van der Waals surface area (Å²) in [7, 11) is -3.33. The Morgan fingerprint density at radius 1 is 1.10 bits per heavy atom. The molecule has 0 spiro atoms. The molecule has 166 valence electrons. The molecule has 1 aliphatic heterocycles. The molecule has 2 aromatic rings. The van der Waals surface area contributed by atoms with Gasteiger partial charge in [-0.15, -0.1) is 0 Å². The van der Waals surface area contributed by atoms with E-state index in [1.807, 2.05) is 0 Å². The lowest BCUT2D eigenvalue weighted by Crippen LogP contribution is -2.42. The van der Waals surface area contributed by atoms with Crippen LogP contribution in [0.3, 0.4) is 0 Å². The maximum atomic E-state index is 12.8. The Balaban J connectivity index is 1.93. The summed E-state index contributed by atoms with van der Waals surface area (Å²) in [4.78, 5) is 19.2. The summed E-state index contributed by atoms with van der Waals surface area (Å²) in [6, 6.07) is 13.3. The van der Waals surface area contributed by atoms with E-state index < -0.39 is 15.6 Å². The zero-order valence-electron chi connectivity index (χ0n) is 17.7. The van der Waals surface area contributed by atoms with Crippen LogP contribution in [0.5, 0.6) is 0 Å². The van der Waals surface area contributed by atoms with Gasteiger partial charge >= 0.3 is 0 Å². The first kappa shape index (κ1) is 23.4. The van der Waals surface area contributed by atoms with Gasteiger partial charge in [-0.2, -0.15) is 0 Å². The van der Waals surface area contributed by atoms with Crippen LogP contribution in [0.25, 0.3) is 0 Å². The van der Waals surface area contributed by atoms with E-state index in [0.29, 0.717) is 28.5 Å². The molecule has 0 bridgehead atoms. The van der Waals surface area contributed by atoms with E-state index in [9.17, 15) is 18.3 Å². The van der Waals surface area contributed by atoms with Gasteiger partial charge in [0, 0.05) is 29.0 Å². The van der Waals surface area contributed by atoms with E-state index in [2.05, 4.69) is 11.9 Å². The number of nitrogens with zero attached hydrogens (tertiary/aromatic N) is 2. The lowest BCUT2D eigenvalue weighted by molar-refractivity contribution is -0.135. The maximum Gasteiger partial charge on any atom is 0.236 e. The number of hydrogen-bond donors (Lipinski definition) is 1. The van der Waals surface area contributed by atoms with Crippen LogP contribution in [0.2, 0.25) is 5.02 Å². The van der Waals surface area contributed by atoms with Gasteiger partial charge < -0.3 is 10.0 Å². The number of anilines is 1. The Morgan fingerprint density at radius 3 is 2.32 bits per heavy atom. The van der Waals surface area contributed by atoms with Gasteiger partial charge in [0.15, 0.2) is 15.6 Å². The molecule has 1 N–H and O–H groups in total. The van der Waals surface area contributed by atoms with Crippen LogP contribution in [-0.4, -0.2) is 43.7 Å². The topological polar surface area (TPSA) is 87.0 Å². The third-order valence-corrected chi connectivity index (χ3v) is 6.69. The number of carbonyl (C=O) groups is 1. The van der Waals surface area contributed by atoms with Crippen molar-refractivity contribution in [1.82, 2.24) is 0 Å². The summed E-state index contributed by atoms with van der Waals surface area (Å²) in [6.07, 6.45) is 5.16. The summed E-state index contributed by atoms with van der Waals surface area (Å²) in [5, 5.41) is 11.7. The number of aliphatic imine (C=N–C) groups is 1. The van der Waals surface area contributed by atoms with E-state index >= 15 is 0 Å². The minimum atomic E-state index is -3.33. The average Bonchev–Trinajstić information content (AvgIpc) is 3.10. The molecule has 0 aliphatic carbocycles. The fraction of sp³-hybridized carbons (Fsp3) is 0.391. The zero-order chi connectivity index (χ0) is 22.6. The standard InChI is InChI=1S/C23H27ClN2O4S/c1-3-4-5-6-7-21(27)23(28)16-26(19-12-14-20(15-13-19)31(2,29)30)22(25-23)17-8-10-18(24)11-9-17/h8-15,28H,3-7,16H2,1-2H3. The van der Waals surface area contributed by atoms with E-state index in [1.54, 1.807) is 41.3 Å². The molecule has 1 aliphatic rings. The van der Waals surface area contributed by atoms with E-state index in [0.717, 1.165) is 25.5 Å². The lowest BCUT2D eigenvalue weighted by atomic mass is 10.0. The van der Waals surface area contributed by atoms with Crippen molar-refractivity contribution in [2.45, 2.75) is 49.6 Å². The highest BCUT2D eigenvalue weighted by atomic mass is 35.5. The van der Waals surface area contributed by atoms with Crippen molar-refractivity contribution in [2.75, 3.05) is 17.7 Å². The summed E-state index contributed by atoms with van der Waals surface area (Å²) in [5.74, 6) is 0.124. The Hall–Kier alpha value is -2.22. The van der Waals surface area contributed by atoms with Gasteiger partial charge in [-0.25, -0.2) is 13.4 Å². The Bertz CT molecular complexity index is 1070. The largest absolute Gasteiger partial charge is 0.362 e. The fourth-order valence-electron chi connectivity index (χ4n) is 3.54. The molecule has 0 saturated carbocycles.